The lowest BCUT2D eigenvalue weighted by atomic mass is 9.97. The predicted molar refractivity (Wildman–Crippen MR) is 81.8 cm³/mol. The van der Waals surface area contributed by atoms with Crippen molar-refractivity contribution in [2.75, 3.05) is 24.5 Å². The molecule has 0 spiro atoms. The molecule has 1 atom stereocenters. The molecule has 1 amide bonds. The summed E-state index contributed by atoms with van der Waals surface area (Å²) < 4.78 is 42.1. The van der Waals surface area contributed by atoms with E-state index in [1.54, 1.807) is 6.20 Å². The smallest absolute Gasteiger partial charge is 0.405 e. The zero-order chi connectivity index (χ0) is 17.7. The van der Waals surface area contributed by atoms with Gasteiger partial charge >= 0.3 is 6.18 Å². The van der Waals surface area contributed by atoms with Gasteiger partial charge in [0.2, 0.25) is 11.8 Å². The Kier molecular flexibility index (Phi) is 5.84. The van der Waals surface area contributed by atoms with Gasteiger partial charge in [-0.3, -0.25) is 9.78 Å². The van der Waals surface area contributed by atoms with Crippen LogP contribution in [0.2, 0.25) is 0 Å². The largest absolute Gasteiger partial charge is 0.474 e. The molecule has 0 radical (unpaired) electrons. The number of hydrogen-bond donors (Lipinski definition) is 1. The molecule has 6 nitrogen and oxygen atoms in total. The van der Waals surface area contributed by atoms with Gasteiger partial charge in [-0.15, -0.1) is 0 Å². The van der Waals surface area contributed by atoms with Crippen molar-refractivity contribution in [2.24, 2.45) is 5.92 Å². The van der Waals surface area contributed by atoms with Crippen molar-refractivity contribution in [3.8, 4) is 5.88 Å². The van der Waals surface area contributed by atoms with Crippen LogP contribution in [0, 0.1) is 5.92 Å². The van der Waals surface area contributed by atoms with E-state index in [1.165, 1.54) is 6.20 Å². The number of piperidine rings is 1. The number of rotatable bonds is 5. The highest BCUT2D eigenvalue weighted by atomic mass is 19.4. The number of alkyl halides is 3. The van der Waals surface area contributed by atoms with Gasteiger partial charge in [0.1, 0.15) is 6.54 Å². The van der Waals surface area contributed by atoms with E-state index < -0.39 is 24.5 Å². The third-order valence-electron chi connectivity index (χ3n) is 3.54. The van der Waals surface area contributed by atoms with E-state index in [-0.39, 0.29) is 6.10 Å². The molecule has 0 aromatic carbocycles. The number of carbonyl (C=O) groups is 1. The standard InChI is InChI=1S/C15H21F3N4O2/c1-10(2)24-13-7-19-6-12(21-13)22-5-3-4-11(8-22)14(23)20-9-15(16,17)18/h6-7,10-11H,3-5,8-9H2,1-2H3,(H,20,23). The molecule has 134 valence electrons. The van der Waals surface area contributed by atoms with Crippen LogP contribution < -0.4 is 15.0 Å². The summed E-state index contributed by atoms with van der Waals surface area (Å²) in [6.07, 6.45) is -0.143. The fourth-order valence-corrected chi connectivity index (χ4v) is 2.52. The lowest BCUT2D eigenvalue weighted by Crippen LogP contribution is -2.45. The second-order valence-electron chi connectivity index (χ2n) is 6.00. The minimum Gasteiger partial charge on any atom is -0.474 e. The molecule has 2 rings (SSSR count). The fourth-order valence-electron chi connectivity index (χ4n) is 2.52. The fraction of sp³-hybridized carbons (Fsp3) is 0.667. The first-order valence-corrected chi connectivity index (χ1v) is 7.82. The third-order valence-corrected chi connectivity index (χ3v) is 3.54. The molecule has 9 heteroatoms. The molecule has 1 unspecified atom stereocenters. The average molecular weight is 346 g/mol. The molecule has 1 aromatic rings. The van der Waals surface area contributed by atoms with Crippen molar-refractivity contribution >= 4 is 11.7 Å². The average Bonchev–Trinajstić information content (AvgIpc) is 2.51. The van der Waals surface area contributed by atoms with Crippen molar-refractivity contribution in [3.63, 3.8) is 0 Å². The quantitative estimate of drug-likeness (QED) is 0.885. The van der Waals surface area contributed by atoms with E-state index in [0.717, 1.165) is 0 Å². The molecule has 1 aromatic heterocycles. The van der Waals surface area contributed by atoms with Gasteiger partial charge in [0.15, 0.2) is 5.82 Å². The molecule has 0 aliphatic carbocycles. The summed E-state index contributed by atoms with van der Waals surface area (Å²) in [6, 6.07) is 0. The first-order chi connectivity index (χ1) is 11.2. The number of anilines is 1. The molecule has 24 heavy (non-hydrogen) atoms. The van der Waals surface area contributed by atoms with Gasteiger partial charge < -0.3 is 15.0 Å². The Bertz CT molecular complexity index is 566. The Labute approximate surface area is 138 Å². The zero-order valence-corrected chi connectivity index (χ0v) is 13.6. The van der Waals surface area contributed by atoms with E-state index in [4.69, 9.17) is 4.74 Å². The highest BCUT2D eigenvalue weighted by Gasteiger charge is 2.31. The first-order valence-electron chi connectivity index (χ1n) is 7.82. The molecule has 1 saturated heterocycles. The summed E-state index contributed by atoms with van der Waals surface area (Å²) in [5.74, 6) is -0.148. The Hall–Kier alpha value is -2.06. The van der Waals surface area contributed by atoms with Gasteiger partial charge in [-0.1, -0.05) is 0 Å². The van der Waals surface area contributed by atoms with Gasteiger partial charge in [-0.25, -0.2) is 0 Å². The molecular formula is C15H21F3N4O2. The Balaban J connectivity index is 1.98. The van der Waals surface area contributed by atoms with Crippen LogP contribution in [0.5, 0.6) is 5.88 Å². The van der Waals surface area contributed by atoms with Crippen molar-refractivity contribution in [3.05, 3.63) is 12.4 Å². The van der Waals surface area contributed by atoms with Crippen LogP contribution in [0.4, 0.5) is 19.0 Å². The second kappa shape index (κ2) is 7.67. The normalized spacial score (nSPS) is 18.6. The van der Waals surface area contributed by atoms with Crippen LogP contribution >= 0.6 is 0 Å². The van der Waals surface area contributed by atoms with Crippen molar-refractivity contribution < 1.29 is 22.7 Å². The molecule has 2 heterocycles. The topological polar surface area (TPSA) is 67.3 Å². The van der Waals surface area contributed by atoms with E-state index in [0.29, 0.717) is 37.6 Å². The summed E-state index contributed by atoms with van der Waals surface area (Å²) in [4.78, 5) is 22.2. The maximum atomic E-state index is 12.2. The SMILES string of the molecule is CC(C)Oc1cncc(N2CCCC(C(=O)NCC(F)(F)F)C2)n1. The lowest BCUT2D eigenvalue weighted by Gasteiger charge is -2.32. The van der Waals surface area contributed by atoms with E-state index in [1.807, 2.05) is 24.1 Å². The Morgan fingerprint density at radius 2 is 2.21 bits per heavy atom. The lowest BCUT2D eigenvalue weighted by molar-refractivity contribution is -0.140. The minimum atomic E-state index is -4.40. The molecular weight excluding hydrogens is 325 g/mol. The van der Waals surface area contributed by atoms with Gasteiger partial charge in [0, 0.05) is 13.1 Å². The Morgan fingerprint density at radius 1 is 1.46 bits per heavy atom. The summed E-state index contributed by atoms with van der Waals surface area (Å²) >= 11 is 0. The van der Waals surface area contributed by atoms with Gasteiger partial charge in [-0.05, 0) is 26.7 Å². The van der Waals surface area contributed by atoms with Crippen LogP contribution in [0.3, 0.4) is 0 Å². The molecule has 0 bridgehead atoms. The van der Waals surface area contributed by atoms with Gasteiger partial charge in [0.05, 0.1) is 24.4 Å². The van der Waals surface area contributed by atoms with Crippen LogP contribution in [0.15, 0.2) is 12.4 Å². The Morgan fingerprint density at radius 3 is 2.88 bits per heavy atom. The van der Waals surface area contributed by atoms with Crippen molar-refractivity contribution in [2.45, 2.75) is 39.0 Å². The third kappa shape index (κ3) is 5.54. The number of aromatic nitrogens is 2. The summed E-state index contributed by atoms with van der Waals surface area (Å²) in [5, 5.41) is 1.95. The number of halogens is 3. The maximum Gasteiger partial charge on any atom is 0.405 e. The first kappa shape index (κ1) is 18.3. The van der Waals surface area contributed by atoms with E-state index in [9.17, 15) is 18.0 Å². The number of nitrogens with zero attached hydrogens (tertiary/aromatic N) is 3. The zero-order valence-electron chi connectivity index (χ0n) is 13.6. The van der Waals surface area contributed by atoms with Gasteiger partial charge in [0.25, 0.3) is 0 Å². The maximum absolute atomic E-state index is 12.2. The van der Waals surface area contributed by atoms with Gasteiger partial charge in [-0.2, -0.15) is 18.2 Å². The molecule has 1 N–H and O–H groups in total. The minimum absolute atomic E-state index is 0.0446. The number of hydrogen-bond acceptors (Lipinski definition) is 5. The summed E-state index contributed by atoms with van der Waals surface area (Å²) in [7, 11) is 0. The molecule has 1 aliphatic heterocycles. The monoisotopic (exact) mass is 346 g/mol. The van der Waals surface area contributed by atoms with Crippen LogP contribution in [0.25, 0.3) is 0 Å². The molecule has 1 fully saturated rings. The van der Waals surface area contributed by atoms with E-state index >= 15 is 0 Å². The van der Waals surface area contributed by atoms with Crippen molar-refractivity contribution in [1.82, 2.24) is 15.3 Å². The van der Waals surface area contributed by atoms with Crippen LogP contribution in [-0.4, -0.2) is 47.8 Å². The number of ether oxygens (including phenoxy) is 1. The van der Waals surface area contributed by atoms with Crippen LogP contribution in [0.1, 0.15) is 26.7 Å². The second-order valence-corrected chi connectivity index (χ2v) is 6.00. The molecule has 0 saturated carbocycles. The number of nitrogens with one attached hydrogen (secondary N) is 1. The summed E-state index contributed by atoms with van der Waals surface area (Å²) in [6.45, 7) is 3.42. The van der Waals surface area contributed by atoms with Crippen LogP contribution in [-0.2, 0) is 4.79 Å². The summed E-state index contributed by atoms with van der Waals surface area (Å²) in [5.41, 5.74) is 0. The highest BCUT2D eigenvalue weighted by molar-refractivity contribution is 5.79. The van der Waals surface area contributed by atoms with E-state index in [2.05, 4.69) is 9.97 Å². The molecule has 1 aliphatic rings. The van der Waals surface area contributed by atoms with Crippen molar-refractivity contribution in [1.29, 1.82) is 0 Å². The number of amides is 1. The highest BCUT2D eigenvalue weighted by Crippen LogP contribution is 2.23. The predicted octanol–water partition coefficient (Wildman–Crippen LogP) is 2.16. The number of carbonyl (C=O) groups excluding carboxylic acids is 1.